The van der Waals surface area contributed by atoms with E-state index in [9.17, 15) is 13.7 Å². The number of nitriles is 1. The van der Waals surface area contributed by atoms with Gasteiger partial charge in [0.05, 0.1) is 16.1 Å². The lowest BCUT2D eigenvalue weighted by Gasteiger charge is -2.30. The zero-order valence-corrected chi connectivity index (χ0v) is 14.7. The highest BCUT2D eigenvalue weighted by Crippen LogP contribution is 2.41. The van der Waals surface area contributed by atoms with Crippen molar-refractivity contribution in [3.63, 3.8) is 0 Å². The lowest BCUT2D eigenvalue weighted by Crippen LogP contribution is -2.31. The summed E-state index contributed by atoms with van der Waals surface area (Å²) < 4.78 is 22.9. The molecular weight excluding hydrogens is 334 g/mol. The molecule has 0 heterocycles. The molecule has 0 unspecified atom stereocenters. The van der Waals surface area contributed by atoms with E-state index >= 15 is 0 Å². The molecule has 3 N–H and O–H groups in total. The molecule has 1 aliphatic carbocycles. The van der Waals surface area contributed by atoms with Crippen LogP contribution in [0, 0.1) is 11.3 Å². The Bertz CT molecular complexity index is 896. The zero-order valence-electron chi connectivity index (χ0n) is 13.9. The molecule has 0 amide bonds. The van der Waals surface area contributed by atoms with Crippen LogP contribution >= 0.6 is 0 Å². The molecule has 0 aliphatic heterocycles. The molecule has 0 aromatic heterocycles. The van der Waals surface area contributed by atoms with Crippen LogP contribution in [0.1, 0.15) is 36.8 Å². The number of sulfonamides is 1. The maximum absolute atomic E-state index is 11.5. The van der Waals surface area contributed by atoms with Crippen LogP contribution in [0.5, 0.6) is 0 Å². The Labute approximate surface area is 148 Å². The fourth-order valence-corrected chi connectivity index (χ4v) is 4.16. The Balaban J connectivity index is 1.86. The number of anilines is 1. The summed E-state index contributed by atoms with van der Waals surface area (Å²) in [6.45, 7) is 0.709. The van der Waals surface area contributed by atoms with E-state index in [0.717, 1.165) is 12.8 Å². The minimum atomic E-state index is -3.82. The van der Waals surface area contributed by atoms with Crippen molar-refractivity contribution in [3.05, 3.63) is 59.7 Å². The first kappa shape index (κ1) is 17.5. The smallest absolute Gasteiger partial charge is 0.238 e. The van der Waals surface area contributed by atoms with Gasteiger partial charge in [0, 0.05) is 12.0 Å². The molecular formula is C19H21N3O2S. The number of hydrogen-bond acceptors (Lipinski definition) is 4. The van der Waals surface area contributed by atoms with Crippen molar-refractivity contribution in [2.24, 2.45) is 5.14 Å². The molecule has 2 aromatic carbocycles. The Morgan fingerprint density at radius 1 is 1.12 bits per heavy atom. The van der Waals surface area contributed by atoms with Crippen molar-refractivity contribution in [2.45, 2.75) is 36.0 Å². The van der Waals surface area contributed by atoms with Gasteiger partial charge in [0.2, 0.25) is 10.0 Å². The highest BCUT2D eigenvalue weighted by Gasteiger charge is 2.35. The van der Waals surface area contributed by atoms with Gasteiger partial charge < -0.3 is 5.32 Å². The van der Waals surface area contributed by atoms with Gasteiger partial charge >= 0.3 is 0 Å². The standard InChI is InChI=1S/C19H21N3O2S/c20-13-15-12-17(25(21,23)24)8-9-18(15)22-14-19(10-4-5-11-19)16-6-2-1-3-7-16/h1-3,6-9,12,22H,4-5,10-11,14H2,(H2,21,23,24). The molecule has 0 atom stereocenters. The van der Waals surface area contributed by atoms with E-state index in [2.05, 4.69) is 35.7 Å². The van der Waals surface area contributed by atoms with Gasteiger partial charge in [-0.25, -0.2) is 13.6 Å². The molecule has 0 spiro atoms. The normalized spacial score (nSPS) is 16.3. The lowest BCUT2D eigenvalue weighted by atomic mass is 9.78. The molecule has 1 saturated carbocycles. The van der Waals surface area contributed by atoms with Gasteiger partial charge in [-0.1, -0.05) is 43.2 Å². The monoisotopic (exact) mass is 355 g/mol. The topological polar surface area (TPSA) is 96.0 Å². The van der Waals surface area contributed by atoms with Gasteiger partial charge in [-0.15, -0.1) is 0 Å². The molecule has 6 heteroatoms. The minimum Gasteiger partial charge on any atom is -0.383 e. The van der Waals surface area contributed by atoms with Gasteiger partial charge in [0.15, 0.2) is 0 Å². The number of nitrogens with one attached hydrogen (secondary N) is 1. The van der Waals surface area contributed by atoms with Gasteiger partial charge in [0.1, 0.15) is 6.07 Å². The summed E-state index contributed by atoms with van der Waals surface area (Å²) in [6.07, 6.45) is 4.57. The van der Waals surface area contributed by atoms with Crippen LogP contribution in [0.3, 0.4) is 0 Å². The third-order valence-electron chi connectivity index (χ3n) is 5.00. The van der Waals surface area contributed by atoms with E-state index < -0.39 is 10.0 Å². The number of primary sulfonamides is 1. The Kier molecular flexibility index (Phi) is 4.80. The van der Waals surface area contributed by atoms with Crippen LogP contribution in [-0.2, 0) is 15.4 Å². The Morgan fingerprint density at radius 2 is 1.80 bits per heavy atom. The molecule has 2 aromatic rings. The summed E-state index contributed by atoms with van der Waals surface area (Å²) in [7, 11) is -3.82. The van der Waals surface area contributed by atoms with E-state index in [4.69, 9.17) is 5.14 Å². The Morgan fingerprint density at radius 3 is 2.40 bits per heavy atom. The number of nitrogens with zero attached hydrogens (tertiary/aromatic N) is 1. The van der Waals surface area contributed by atoms with Crippen molar-refractivity contribution >= 4 is 15.7 Å². The van der Waals surface area contributed by atoms with Crippen LogP contribution in [0.2, 0.25) is 0 Å². The van der Waals surface area contributed by atoms with Gasteiger partial charge in [-0.05, 0) is 36.6 Å². The number of rotatable bonds is 5. The van der Waals surface area contributed by atoms with E-state index in [1.54, 1.807) is 6.07 Å². The minimum absolute atomic E-state index is 0.0479. The molecule has 25 heavy (non-hydrogen) atoms. The maximum atomic E-state index is 11.5. The first-order valence-corrected chi connectivity index (χ1v) is 9.86. The molecule has 1 aliphatic rings. The van der Waals surface area contributed by atoms with Crippen LogP contribution in [0.15, 0.2) is 53.4 Å². The Hall–Kier alpha value is -2.36. The second-order valence-corrected chi connectivity index (χ2v) is 8.13. The van der Waals surface area contributed by atoms with Gasteiger partial charge in [0.25, 0.3) is 0 Å². The third-order valence-corrected chi connectivity index (χ3v) is 5.92. The summed E-state index contributed by atoms with van der Waals surface area (Å²) in [5.74, 6) is 0. The summed E-state index contributed by atoms with van der Waals surface area (Å²) >= 11 is 0. The van der Waals surface area contributed by atoms with Crippen molar-refractivity contribution in [3.8, 4) is 6.07 Å². The van der Waals surface area contributed by atoms with Crippen LogP contribution in [0.4, 0.5) is 5.69 Å². The average molecular weight is 355 g/mol. The largest absolute Gasteiger partial charge is 0.383 e. The van der Waals surface area contributed by atoms with E-state index in [1.807, 2.05) is 6.07 Å². The number of hydrogen-bond donors (Lipinski definition) is 2. The third kappa shape index (κ3) is 3.68. The summed E-state index contributed by atoms with van der Waals surface area (Å²) in [6, 6.07) is 16.9. The second-order valence-electron chi connectivity index (χ2n) is 6.57. The molecule has 0 saturated heterocycles. The van der Waals surface area contributed by atoms with E-state index in [0.29, 0.717) is 12.2 Å². The van der Waals surface area contributed by atoms with Crippen LogP contribution < -0.4 is 10.5 Å². The molecule has 1 fully saturated rings. The highest BCUT2D eigenvalue weighted by molar-refractivity contribution is 7.89. The van der Waals surface area contributed by atoms with Crippen molar-refractivity contribution in [1.29, 1.82) is 5.26 Å². The molecule has 3 rings (SSSR count). The molecule has 0 bridgehead atoms. The molecule has 5 nitrogen and oxygen atoms in total. The number of benzene rings is 2. The summed E-state index contributed by atoms with van der Waals surface area (Å²) in [4.78, 5) is -0.0479. The van der Waals surface area contributed by atoms with E-state index in [1.165, 1.54) is 30.5 Å². The van der Waals surface area contributed by atoms with Gasteiger partial charge in [-0.3, -0.25) is 0 Å². The molecule has 130 valence electrons. The lowest BCUT2D eigenvalue weighted by molar-refractivity contribution is 0.467. The maximum Gasteiger partial charge on any atom is 0.238 e. The second kappa shape index (κ2) is 6.87. The van der Waals surface area contributed by atoms with Crippen molar-refractivity contribution < 1.29 is 8.42 Å². The SMILES string of the molecule is N#Cc1cc(S(N)(=O)=O)ccc1NCC1(c2ccccc2)CCCC1. The first-order chi connectivity index (χ1) is 11.9. The van der Waals surface area contributed by atoms with E-state index in [-0.39, 0.29) is 15.9 Å². The fraction of sp³-hybridized carbons (Fsp3) is 0.316. The predicted octanol–water partition coefficient (Wildman–Crippen LogP) is 3.13. The fourth-order valence-electron chi connectivity index (χ4n) is 3.62. The van der Waals surface area contributed by atoms with Crippen molar-refractivity contribution in [2.75, 3.05) is 11.9 Å². The van der Waals surface area contributed by atoms with Crippen LogP contribution in [-0.4, -0.2) is 15.0 Å². The van der Waals surface area contributed by atoms with Gasteiger partial charge in [-0.2, -0.15) is 5.26 Å². The highest BCUT2D eigenvalue weighted by atomic mass is 32.2. The van der Waals surface area contributed by atoms with Crippen LogP contribution in [0.25, 0.3) is 0 Å². The molecule has 0 radical (unpaired) electrons. The number of nitrogens with two attached hydrogens (primary N) is 1. The average Bonchev–Trinajstić information content (AvgIpc) is 3.10. The first-order valence-electron chi connectivity index (χ1n) is 8.31. The summed E-state index contributed by atoms with van der Waals surface area (Å²) in [5.41, 5.74) is 2.27. The predicted molar refractivity (Wildman–Crippen MR) is 97.6 cm³/mol. The quantitative estimate of drug-likeness (QED) is 0.861. The van der Waals surface area contributed by atoms with Crippen molar-refractivity contribution in [1.82, 2.24) is 0 Å². The zero-order chi connectivity index (χ0) is 17.9. The summed E-state index contributed by atoms with van der Waals surface area (Å²) in [5, 5.41) is 17.9.